The molecule has 0 aromatic heterocycles. The average Bonchev–Trinajstić information content (AvgIpc) is 2.95. The largest absolute Gasteiger partial charge is 0.385 e. The van der Waals surface area contributed by atoms with E-state index in [1.807, 2.05) is 18.7 Å². The fraction of sp³-hybridized carbons (Fsp3) is 0.647. The van der Waals surface area contributed by atoms with Crippen molar-refractivity contribution in [2.45, 2.75) is 43.8 Å². The van der Waals surface area contributed by atoms with E-state index in [-0.39, 0.29) is 17.3 Å². The van der Waals surface area contributed by atoms with Crippen LogP contribution in [0.2, 0.25) is 0 Å². The highest BCUT2D eigenvalue weighted by Crippen LogP contribution is 2.47. The molecule has 21 heavy (non-hydrogen) atoms. The molecule has 1 N–H and O–H groups in total. The SMILES string of the molecule is CCC(O)(c1ccccc1F)C1CCOC2(CCSC2)C1. The maximum atomic E-state index is 14.2. The summed E-state index contributed by atoms with van der Waals surface area (Å²) in [5.41, 5.74) is -0.739. The van der Waals surface area contributed by atoms with Gasteiger partial charge in [0.05, 0.1) is 11.2 Å². The summed E-state index contributed by atoms with van der Waals surface area (Å²) in [5, 5.41) is 11.2. The second-order valence-corrected chi connectivity index (χ2v) is 7.39. The highest BCUT2D eigenvalue weighted by molar-refractivity contribution is 7.99. The first-order valence-corrected chi connectivity index (χ1v) is 8.94. The van der Waals surface area contributed by atoms with Gasteiger partial charge in [-0.2, -0.15) is 11.8 Å². The first-order valence-electron chi connectivity index (χ1n) is 7.79. The molecule has 1 aromatic rings. The first-order chi connectivity index (χ1) is 10.1. The maximum Gasteiger partial charge on any atom is 0.129 e. The topological polar surface area (TPSA) is 29.5 Å². The van der Waals surface area contributed by atoms with E-state index in [2.05, 4.69) is 0 Å². The second kappa shape index (κ2) is 5.90. The zero-order valence-corrected chi connectivity index (χ0v) is 13.3. The number of aliphatic hydroxyl groups is 1. The van der Waals surface area contributed by atoms with Crippen molar-refractivity contribution in [1.82, 2.24) is 0 Å². The van der Waals surface area contributed by atoms with Gasteiger partial charge in [-0.1, -0.05) is 25.1 Å². The van der Waals surface area contributed by atoms with Gasteiger partial charge in [-0.25, -0.2) is 4.39 Å². The lowest BCUT2D eigenvalue weighted by molar-refractivity contribution is -0.137. The number of hydrogen-bond donors (Lipinski definition) is 1. The number of hydrogen-bond acceptors (Lipinski definition) is 3. The van der Waals surface area contributed by atoms with Gasteiger partial charge in [0, 0.05) is 17.9 Å². The molecule has 2 heterocycles. The summed E-state index contributed by atoms with van der Waals surface area (Å²) in [6.07, 6.45) is 3.21. The molecule has 3 unspecified atom stereocenters. The molecule has 0 saturated carbocycles. The molecular weight excluding hydrogens is 287 g/mol. The molecule has 2 fully saturated rings. The van der Waals surface area contributed by atoms with Crippen molar-refractivity contribution in [2.24, 2.45) is 5.92 Å². The summed E-state index contributed by atoms with van der Waals surface area (Å²) >= 11 is 1.92. The molecule has 1 aromatic carbocycles. The fourth-order valence-corrected chi connectivity index (χ4v) is 5.19. The van der Waals surface area contributed by atoms with Crippen molar-refractivity contribution in [1.29, 1.82) is 0 Å². The third-order valence-electron chi connectivity index (χ3n) is 5.11. The van der Waals surface area contributed by atoms with E-state index in [0.29, 0.717) is 18.6 Å². The van der Waals surface area contributed by atoms with E-state index in [4.69, 9.17) is 4.74 Å². The van der Waals surface area contributed by atoms with Crippen molar-refractivity contribution in [3.8, 4) is 0 Å². The Morgan fingerprint density at radius 3 is 2.95 bits per heavy atom. The molecule has 0 bridgehead atoms. The van der Waals surface area contributed by atoms with Crippen LogP contribution in [0.4, 0.5) is 4.39 Å². The van der Waals surface area contributed by atoms with Gasteiger partial charge < -0.3 is 9.84 Å². The van der Waals surface area contributed by atoms with Crippen LogP contribution in [0.1, 0.15) is 38.2 Å². The van der Waals surface area contributed by atoms with Gasteiger partial charge in [0.1, 0.15) is 5.82 Å². The molecule has 3 atom stereocenters. The Kier molecular flexibility index (Phi) is 4.30. The molecule has 1 spiro atoms. The molecule has 4 heteroatoms. The molecule has 2 nitrogen and oxygen atoms in total. The minimum absolute atomic E-state index is 0.0619. The van der Waals surface area contributed by atoms with Gasteiger partial charge in [0.25, 0.3) is 0 Å². The second-order valence-electron chi connectivity index (χ2n) is 6.28. The Labute approximate surface area is 130 Å². The molecule has 2 aliphatic rings. The van der Waals surface area contributed by atoms with Crippen LogP contribution in [-0.4, -0.2) is 28.8 Å². The first kappa shape index (κ1) is 15.3. The van der Waals surface area contributed by atoms with Gasteiger partial charge in [0.15, 0.2) is 0 Å². The van der Waals surface area contributed by atoms with Crippen molar-refractivity contribution in [3.05, 3.63) is 35.6 Å². The molecule has 2 aliphatic heterocycles. The monoisotopic (exact) mass is 310 g/mol. The Hall–Kier alpha value is -0.580. The number of rotatable bonds is 3. The van der Waals surface area contributed by atoms with E-state index < -0.39 is 5.60 Å². The third-order valence-corrected chi connectivity index (χ3v) is 6.34. The van der Waals surface area contributed by atoms with Crippen molar-refractivity contribution < 1.29 is 14.2 Å². The molecule has 0 amide bonds. The Balaban J connectivity index is 1.90. The molecule has 2 saturated heterocycles. The van der Waals surface area contributed by atoms with Gasteiger partial charge in [-0.3, -0.25) is 0 Å². The van der Waals surface area contributed by atoms with Crippen LogP contribution in [0.3, 0.4) is 0 Å². The molecule has 0 radical (unpaired) electrons. The fourth-order valence-electron chi connectivity index (χ4n) is 3.81. The van der Waals surface area contributed by atoms with Gasteiger partial charge in [-0.15, -0.1) is 0 Å². The Morgan fingerprint density at radius 1 is 1.48 bits per heavy atom. The normalized spacial score (nSPS) is 32.2. The number of halogens is 1. The van der Waals surface area contributed by atoms with Gasteiger partial charge in [-0.05, 0) is 43.4 Å². The molecular formula is C17H23FO2S. The van der Waals surface area contributed by atoms with Gasteiger partial charge in [0.2, 0.25) is 0 Å². The number of ether oxygens (including phenoxy) is 1. The van der Waals surface area contributed by atoms with Gasteiger partial charge >= 0.3 is 0 Å². The van der Waals surface area contributed by atoms with E-state index in [9.17, 15) is 9.50 Å². The number of thioether (sulfide) groups is 1. The Bertz CT molecular complexity index is 501. The van der Waals surface area contributed by atoms with Crippen molar-refractivity contribution >= 4 is 11.8 Å². The number of benzene rings is 1. The van der Waals surface area contributed by atoms with Crippen LogP contribution in [0.15, 0.2) is 24.3 Å². The van der Waals surface area contributed by atoms with Crippen molar-refractivity contribution in [2.75, 3.05) is 18.1 Å². The summed E-state index contributed by atoms with van der Waals surface area (Å²) in [6, 6.07) is 6.65. The lowest BCUT2D eigenvalue weighted by Crippen LogP contribution is -2.47. The summed E-state index contributed by atoms with van der Waals surface area (Å²) in [7, 11) is 0. The zero-order chi connectivity index (χ0) is 14.9. The molecule has 3 rings (SSSR count). The maximum absolute atomic E-state index is 14.2. The predicted molar refractivity (Wildman–Crippen MR) is 83.9 cm³/mol. The van der Waals surface area contributed by atoms with Crippen LogP contribution in [0.5, 0.6) is 0 Å². The average molecular weight is 310 g/mol. The summed E-state index contributed by atoms with van der Waals surface area (Å²) in [6.45, 7) is 2.61. The van der Waals surface area contributed by atoms with Crippen molar-refractivity contribution in [3.63, 3.8) is 0 Å². The minimum atomic E-state index is -1.09. The lowest BCUT2D eigenvalue weighted by Gasteiger charge is -2.45. The highest BCUT2D eigenvalue weighted by atomic mass is 32.2. The molecule has 116 valence electrons. The zero-order valence-electron chi connectivity index (χ0n) is 12.5. The predicted octanol–water partition coefficient (Wildman–Crippen LogP) is 3.73. The van der Waals surface area contributed by atoms with Crippen LogP contribution >= 0.6 is 11.8 Å². The van der Waals surface area contributed by atoms with Crippen LogP contribution in [0, 0.1) is 11.7 Å². The summed E-state index contributed by atoms with van der Waals surface area (Å²) in [4.78, 5) is 0. The summed E-state index contributed by atoms with van der Waals surface area (Å²) in [5.74, 6) is 1.88. The third kappa shape index (κ3) is 2.73. The lowest BCUT2D eigenvalue weighted by atomic mass is 9.71. The summed E-state index contributed by atoms with van der Waals surface area (Å²) < 4.78 is 20.2. The standard InChI is InChI=1S/C17H23FO2S/c1-2-17(19,14-5-3-4-6-15(14)18)13-7-9-20-16(11-13)8-10-21-12-16/h3-6,13,19H,2,7-12H2,1H3. The van der Waals surface area contributed by atoms with Crippen LogP contribution in [0.25, 0.3) is 0 Å². The van der Waals surface area contributed by atoms with E-state index in [1.54, 1.807) is 18.2 Å². The smallest absolute Gasteiger partial charge is 0.129 e. The van der Waals surface area contributed by atoms with Crippen LogP contribution < -0.4 is 0 Å². The quantitative estimate of drug-likeness (QED) is 0.922. The van der Waals surface area contributed by atoms with E-state index in [1.165, 1.54) is 6.07 Å². The minimum Gasteiger partial charge on any atom is -0.385 e. The van der Waals surface area contributed by atoms with Crippen LogP contribution in [-0.2, 0) is 10.3 Å². The Morgan fingerprint density at radius 2 is 2.29 bits per heavy atom. The van der Waals surface area contributed by atoms with E-state index in [0.717, 1.165) is 30.8 Å². The van der Waals surface area contributed by atoms with E-state index >= 15 is 0 Å². The molecule has 0 aliphatic carbocycles. The highest BCUT2D eigenvalue weighted by Gasteiger charge is 2.48.